The zero-order valence-corrected chi connectivity index (χ0v) is 45.5. The van der Waals surface area contributed by atoms with E-state index in [0.717, 1.165) is 16.7 Å². The summed E-state index contributed by atoms with van der Waals surface area (Å²) in [5.74, 6) is -3.17. The zero-order valence-electron chi connectivity index (χ0n) is 43.9. The van der Waals surface area contributed by atoms with Crippen molar-refractivity contribution in [2.75, 3.05) is 33.9 Å². The van der Waals surface area contributed by atoms with Crippen LogP contribution >= 0.6 is 11.8 Å². The second-order valence-electron chi connectivity index (χ2n) is 22.0. The van der Waals surface area contributed by atoms with Gasteiger partial charge >= 0.3 is 11.9 Å². The molecule has 2 amide bonds. The van der Waals surface area contributed by atoms with E-state index < -0.39 is 86.3 Å². The standard InChI is InChI=1S/C53H77N5O12S2/c1-12-51(4,5)46(60)48(62)56-25-14-13-18-38(56)50(65)70-39(21-19-33-20-22-40(68-10)41(26-33)69-11)34-16-15-17-35(27-34)52(6,7)23-24-53(8,9)57-30-37(28-36(57)29-55-72(54,66)67)71-45-31(2)43-42(32(3)59)47(61)58(43)44(45)49(63)64/h15-17,20,22,26-27,31-32,36-39,42-43,55,59H,12-14,18-19,21,23-25,28-30H2,1-11H3,(H,63,64)(H2,54,66,67)/t31-,32-,36+,37+,38+,39-,42-,43-/m1/s1. The molecule has 3 saturated heterocycles. The number of carbonyl (C=O) groups excluding carboxylic acids is 4. The van der Waals surface area contributed by atoms with Crippen molar-refractivity contribution in [2.24, 2.45) is 22.4 Å². The Balaban J connectivity index is 1.23. The van der Waals surface area contributed by atoms with Crippen molar-refractivity contribution < 1.29 is 56.8 Å². The molecule has 6 rings (SSSR count). The van der Waals surface area contributed by atoms with Crippen LogP contribution in [0.2, 0.25) is 0 Å². The number of hydrogen-bond donors (Lipinski definition) is 4. The Hall–Kier alpha value is -4.53. The third-order valence-electron chi connectivity index (χ3n) is 15.8. The van der Waals surface area contributed by atoms with Crippen LogP contribution in [0.5, 0.6) is 11.5 Å². The first-order chi connectivity index (χ1) is 33.7. The summed E-state index contributed by atoms with van der Waals surface area (Å²) >= 11 is 1.42. The Labute approximate surface area is 430 Å². The normalized spacial score (nSPS) is 23.9. The van der Waals surface area contributed by atoms with Gasteiger partial charge in [0.1, 0.15) is 17.8 Å². The fraction of sp³-hybridized carbons (Fsp3) is 0.642. The van der Waals surface area contributed by atoms with Crippen molar-refractivity contribution in [1.82, 2.24) is 19.4 Å². The van der Waals surface area contributed by atoms with Gasteiger partial charge in [-0.1, -0.05) is 71.9 Å². The molecule has 0 radical (unpaired) electrons. The minimum atomic E-state index is -4.03. The van der Waals surface area contributed by atoms with Crippen molar-refractivity contribution in [3.8, 4) is 11.5 Å². The lowest BCUT2D eigenvalue weighted by Gasteiger charge is -2.46. The van der Waals surface area contributed by atoms with Crippen LogP contribution in [-0.2, 0) is 50.8 Å². The van der Waals surface area contributed by atoms with Crippen LogP contribution in [0.4, 0.5) is 0 Å². The fourth-order valence-electron chi connectivity index (χ4n) is 10.9. The molecule has 8 atom stereocenters. The molecule has 4 heterocycles. The molecule has 4 aliphatic rings. The second kappa shape index (κ2) is 22.5. The Bertz CT molecular complexity index is 2510. The molecule has 398 valence electrons. The maximum atomic E-state index is 14.4. The fourth-order valence-corrected chi connectivity index (χ4v) is 12.9. The van der Waals surface area contributed by atoms with Crippen molar-refractivity contribution in [2.45, 2.75) is 167 Å². The number of carboxylic acids is 1. The van der Waals surface area contributed by atoms with E-state index in [1.54, 1.807) is 35.0 Å². The van der Waals surface area contributed by atoms with Gasteiger partial charge in [0, 0.05) is 52.7 Å². The van der Waals surface area contributed by atoms with Gasteiger partial charge in [0.25, 0.3) is 16.1 Å². The van der Waals surface area contributed by atoms with Gasteiger partial charge in [0.2, 0.25) is 11.7 Å². The van der Waals surface area contributed by atoms with E-state index >= 15 is 0 Å². The average molecular weight is 1040 g/mol. The summed E-state index contributed by atoms with van der Waals surface area (Å²) < 4.78 is 44.4. The number of aliphatic hydroxyl groups is 1. The summed E-state index contributed by atoms with van der Waals surface area (Å²) in [4.78, 5) is 72.8. The van der Waals surface area contributed by atoms with Crippen molar-refractivity contribution in [1.29, 1.82) is 0 Å². The van der Waals surface area contributed by atoms with Crippen molar-refractivity contribution in [3.63, 3.8) is 0 Å². The van der Waals surface area contributed by atoms with Crippen LogP contribution in [0.15, 0.2) is 53.1 Å². The lowest BCUT2D eigenvalue weighted by atomic mass is 9.76. The summed E-state index contributed by atoms with van der Waals surface area (Å²) in [7, 11) is -0.880. The molecule has 0 saturated carbocycles. The highest BCUT2D eigenvalue weighted by Gasteiger charge is 2.60. The number of likely N-dealkylation sites (tertiary alicyclic amines) is 2. The largest absolute Gasteiger partial charge is 0.493 e. The summed E-state index contributed by atoms with van der Waals surface area (Å²) in [5.41, 5.74) is 0.886. The smallest absolute Gasteiger partial charge is 0.353 e. The summed E-state index contributed by atoms with van der Waals surface area (Å²) in [6.45, 7) is 18.2. The number of hydrogen-bond acceptors (Lipinski definition) is 13. The number of carbonyl (C=O) groups is 5. The first-order valence-electron chi connectivity index (χ1n) is 25.2. The molecule has 5 N–H and O–H groups in total. The van der Waals surface area contributed by atoms with Gasteiger partial charge < -0.3 is 34.2 Å². The van der Waals surface area contributed by atoms with E-state index in [2.05, 4.69) is 49.4 Å². The van der Waals surface area contributed by atoms with Gasteiger partial charge in [-0.2, -0.15) is 8.42 Å². The van der Waals surface area contributed by atoms with Gasteiger partial charge in [0.15, 0.2) is 11.5 Å². The van der Waals surface area contributed by atoms with Crippen LogP contribution in [0.3, 0.4) is 0 Å². The minimum absolute atomic E-state index is 0.0473. The van der Waals surface area contributed by atoms with E-state index in [1.807, 2.05) is 44.2 Å². The molecule has 4 aliphatic heterocycles. The highest BCUT2D eigenvalue weighted by Crippen LogP contribution is 2.53. The highest BCUT2D eigenvalue weighted by atomic mass is 32.2. The zero-order chi connectivity index (χ0) is 53.2. The number of ether oxygens (including phenoxy) is 3. The first-order valence-corrected chi connectivity index (χ1v) is 27.7. The van der Waals surface area contributed by atoms with Gasteiger partial charge in [-0.05, 0) is 113 Å². The number of ketones is 1. The number of aliphatic hydroxyl groups excluding tert-OH is 1. The number of nitrogens with zero attached hydrogens (tertiary/aromatic N) is 3. The van der Waals surface area contributed by atoms with Crippen LogP contribution in [0, 0.1) is 17.3 Å². The molecule has 2 aromatic carbocycles. The predicted octanol–water partition coefficient (Wildman–Crippen LogP) is 6.27. The Kier molecular flexibility index (Phi) is 17.8. The van der Waals surface area contributed by atoms with E-state index in [-0.39, 0.29) is 36.0 Å². The molecule has 0 unspecified atom stereocenters. The van der Waals surface area contributed by atoms with Crippen LogP contribution in [0.25, 0.3) is 0 Å². The van der Waals surface area contributed by atoms with Crippen LogP contribution in [0.1, 0.15) is 136 Å². The van der Waals surface area contributed by atoms with Gasteiger partial charge in [-0.15, -0.1) is 11.8 Å². The number of β-lactam (4-membered cyclic amide) rings is 1. The first kappa shape index (κ1) is 56.8. The lowest BCUT2D eigenvalue weighted by Crippen LogP contribution is -2.63. The molecule has 0 spiro atoms. The second-order valence-corrected chi connectivity index (χ2v) is 24.7. The molecule has 19 heteroatoms. The highest BCUT2D eigenvalue weighted by molar-refractivity contribution is 8.03. The van der Waals surface area contributed by atoms with E-state index in [0.29, 0.717) is 80.7 Å². The number of piperidine rings is 1. The number of Topliss-reactive ketones (excluding diaryl/α,β-unsaturated/α-hetero) is 1. The molecule has 72 heavy (non-hydrogen) atoms. The number of rotatable bonds is 23. The minimum Gasteiger partial charge on any atom is -0.493 e. The SMILES string of the molecule is CCC(C)(C)C(=O)C(=O)N1CCCC[C@H]1C(=O)O[C@H](CCc1ccc(OC)c(OC)c1)c1cccc(C(C)(C)CCC(C)(C)N2C[C@@H](SC3=C(C(=O)O)N4C(=O)[C@H]([C@@H](C)O)[C@H]4[C@H]3C)C[C@H]2CNS(N)(=O)=O)c1. The Morgan fingerprint density at radius 2 is 1.68 bits per heavy atom. The molecule has 2 aromatic rings. The van der Waals surface area contributed by atoms with Gasteiger partial charge in [-0.25, -0.2) is 19.5 Å². The Morgan fingerprint density at radius 3 is 2.31 bits per heavy atom. The monoisotopic (exact) mass is 1040 g/mol. The average Bonchev–Trinajstić information content (AvgIpc) is 3.86. The molecule has 0 aliphatic carbocycles. The predicted molar refractivity (Wildman–Crippen MR) is 275 cm³/mol. The number of nitrogens with two attached hydrogens (primary N) is 1. The number of carboxylic acid groups (broad SMARTS) is 1. The molecular formula is C53H77N5O12S2. The number of methoxy groups -OCH3 is 2. The molecule has 0 aromatic heterocycles. The number of esters is 1. The number of fused-ring (bicyclic) bond motifs is 1. The van der Waals surface area contributed by atoms with Gasteiger partial charge in [-0.3, -0.25) is 19.3 Å². The number of benzene rings is 2. The van der Waals surface area contributed by atoms with E-state index in [4.69, 9.17) is 19.3 Å². The number of aryl methyl sites for hydroxylation is 1. The maximum Gasteiger partial charge on any atom is 0.353 e. The number of aliphatic carboxylic acids is 1. The quantitative estimate of drug-likeness (QED) is 0.0546. The lowest BCUT2D eigenvalue weighted by molar-refractivity contribution is -0.164. The molecular weight excluding hydrogens is 963 g/mol. The van der Waals surface area contributed by atoms with Crippen molar-refractivity contribution in [3.05, 3.63) is 69.8 Å². The van der Waals surface area contributed by atoms with E-state index in [1.165, 1.54) is 21.6 Å². The van der Waals surface area contributed by atoms with E-state index in [9.17, 15) is 42.6 Å². The number of amides is 2. The Morgan fingerprint density at radius 1 is 0.986 bits per heavy atom. The summed E-state index contributed by atoms with van der Waals surface area (Å²) in [6.07, 6.45) is 3.41. The topological polar surface area (TPSA) is 235 Å². The molecule has 3 fully saturated rings. The number of nitrogens with one attached hydrogen (secondary N) is 1. The van der Waals surface area contributed by atoms with Crippen molar-refractivity contribution >= 4 is 51.5 Å². The summed E-state index contributed by atoms with van der Waals surface area (Å²) in [5, 5.41) is 26.0. The number of thioether (sulfide) groups is 1. The van der Waals surface area contributed by atoms with Gasteiger partial charge in [0.05, 0.1) is 32.3 Å². The third kappa shape index (κ3) is 12.3. The maximum absolute atomic E-state index is 14.4. The molecule has 0 bridgehead atoms. The molecule has 17 nitrogen and oxygen atoms in total. The van der Waals surface area contributed by atoms with Crippen LogP contribution < -0.4 is 19.3 Å². The van der Waals surface area contributed by atoms with Crippen LogP contribution in [-0.4, -0.2) is 132 Å². The summed E-state index contributed by atoms with van der Waals surface area (Å²) in [6, 6.07) is 12.1. The third-order valence-corrected chi connectivity index (χ3v) is 17.9.